The van der Waals surface area contributed by atoms with Gasteiger partial charge in [0, 0.05) is 0 Å². The molecule has 3 nitrogen and oxygen atoms in total. The Labute approximate surface area is 108 Å². The molecule has 0 heterocycles. The topological polar surface area (TPSA) is 55.1 Å². The number of anilines is 1. The van der Waals surface area contributed by atoms with E-state index >= 15 is 0 Å². The first-order chi connectivity index (χ1) is 5.61. The van der Waals surface area contributed by atoms with Gasteiger partial charge in [0.15, 0.2) is 0 Å². The Morgan fingerprint density at radius 2 is 2.00 bits per heavy atom. The number of nitrogens with two attached hydrogens (primary N) is 1. The van der Waals surface area contributed by atoms with Crippen molar-refractivity contribution in [2.24, 2.45) is 5.73 Å². The monoisotopic (exact) mass is 228 g/mol. The van der Waals surface area contributed by atoms with Crippen molar-refractivity contribution in [1.82, 2.24) is 0 Å². The van der Waals surface area contributed by atoms with Gasteiger partial charge in [-0.05, 0) is 12.1 Å². The summed E-state index contributed by atoms with van der Waals surface area (Å²) in [5.74, 6) is 0. The number of carbonyl (C=O) groups is 1. The van der Waals surface area contributed by atoms with Crippen LogP contribution >= 0.6 is 23.2 Å². The third-order valence-electron chi connectivity index (χ3n) is 1.21. The van der Waals surface area contributed by atoms with Crippen LogP contribution in [0.15, 0.2) is 18.2 Å². The number of amides is 2. The summed E-state index contributed by atoms with van der Waals surface area (Å²) < 4.78 is 0. The van der Waals surface area contributed by atoms with Gasteiger partial charge in [-0.2, -0.15) is 0 Å². The first-order valence-electron chi connectivity index (χ1n) is 3.11. The van der Waals surface area contributed by atoms with Crippen LogP contribution in [0.25, 0.3) is 0 Å². The van der Waals surface area contributed by atoms with Crippen LogP contribution in [-0.4, -0.2) is 35.6 Å². The molecule has 0 saturated heterocycles. The third-order valence-corrected chi connectivity index (χ3v) is 2.03. The molecule has 0 atom stereocenters. The standard InChI is InChI=1S/C7H6Cl2N2O.Na.H/c8-4-2-1-3-5(6(4)9)11-7(10)12;;/h1-3H,(H3,10,11,12);;. The van der Waals surface area contributed by atoms with Crippen LogP contribution in [0.1, 0.15) is 0 Å². The van der Waals surface area contributed by atoms with Gasteiger partial charge >= 0.3 is 35.6 Å². The van der Waals surface area contributed by atoms with E-state index in [0.717, 1.165) is 0 Å². The first kappa shape index (κ1) is 13.1. The normalized spacial score (nSPS) is 8.77. The molecule has 66 valence electrons. The van der Waals surface area contributed by atoms with E-state index < -0.39 is 6.03 Å². The van der Waals surface area contributed by atoms with Crippen molar-refractivity contribution in [1.29, 1.82) is 0 Å². The van der Waals surface area contributed by atoms with Crippen molar-refractivity contribution in [2.45, 2.75) is 0 Å². The van der Waals surface area contributed by atoms with Gasteiger partial charge in [-0.1, -0.05) is 29.3 Å². The molecule has 0 aliphatic heterocycles. The summed E-state index contributed by atoms with van der Waals surface area (Å²) in [6.45, 7) is 0. The molecule has 0 spiro atoms. The number of primary amides is 1. The van der Waals surface area contributed by atoms with Gasteiger partial charge < -0.3 is 11.1 Å². The van der Waals surface area contributed by atoms with Crippen molar-refractivity contribution in [3.8, 4) is 0 Å². The number of hydrogen-bond donors (Lipinski definition) is 2. The second-order valence-corrected chi connectivity index (χ2v) is 2.88. The van der Waals surface area contributed by atoms with Gasteiger partial charge in [0.1, 0.15) is 0 Å². The summed E-state index contributed by atoms with van der Waals surface area (Å²) >= 11 is 11.4. The van der Waals surface area contributed by atoms with Crippen LogP contribution in [0.5, 0.6) is 0 Å². The third kappa shape index (κ3) is 3.75. The minimum atomic E-state index is -0.667. The van der Waals surface area contributed by atoms with Crippen LogP contribution in [-0.2, 0) is 0 Å². The molecule has 0 fully saturated rings. The number of nitrogens with one attached hydrogen (secondary N) is 1. The van der Waals surface area contributed by atoms with Crippen LogP contribution in [0.3, 0.4) is 0 Å². The quantitative estimate of drug-likeness (QED) is 0.709. The molecule has 0 bridgehead atoms. The average molecular weight is 229 g/mol. The van der Waals surface area contributed by atoms with Crippen LogP contribution in [0.2, 0.25) is 10.0 Å². The van der Waals surface area contributed by atoms with E-state index in [2.05, 4.69) is 5.32 Å². The Bertz CT molecular complexity index is 319. The molecule has 0 unspecified atom stereocenters. The number of hydrogen-bond acceptors (Lipinski definition) is 1. The molecule has 0 aliphatic rings. The predicted molar refractivity (Wildman–Crippen MR) is 56.8 cm³/mol. The summed E-state index contributed by atoms with van der Waals surface area (Å²) in [6, 6.07) is 4.23. The van der Waals surface area contributed by atoms with Crippen molar-refractivity contribution in [3.05, 3.63) is 28.2 Å². The van der Waals surface area contributed by atoms with Gasteiger partial charge in [-0.3, -0.25) is 0 Å². The maximum absolute atomic E-state index is 10.4. The number of carbonyl (C=O) groups excluding carboxylic acids is 1. The Morgan fingerprint density at radius 3 is 2.54 bits per heavy atom. The van der Waals surface area contributed by atoms with Gasteiger partial charge in [0.05, 0.1) is 15.7 Å². The van der Waals surface area contributed by atoms with Gasteiger partial charge in [-0.25, -0.2) is 4.79 Å². The fraction of sp³-hybridized carbons (Fsp3) is 0. The van der Waals surface area contributed by atoms with Crippen LogP contribution < -0.4 is 11.1 Å². The number of urea groups is 1. The molecular weight excluding hydrogens is 222 g/mol. The molecule has 0 radical (unpaired) electrons. The molecule has 1 aromatic carbocycles. The summed E-state index contributed by atoms with van der Waals surface area (Å²) in [5.41, 5.74) is 5.31. The van der Waals surface area contributed by atoms with Crippen molar-refractivity contribution in [2.75, 3.05) is 5.32 Å². The molecule has 0 aromatic heterocycles. The molecule has 0 saturated carbocycles. The van der Waals surface area contributed by atoms with E-state index in [9.17, 15) is 4.79 Å². The summed E-state index contributed by atoms with van der Waals surface area (Å²) in [4.78, 5) is 10.4. The van der Waals surface area contributed by atoms with E-state index in [-0.39, 0.29) is 34.6 Å². The van der Waals surface area contributed by atoms with E-state index in [4.69, 9.17) is 28.9 Å². The fourth-order valence-corrected chi connectivity index (χ4v) is 1.08. The molecule has 0 aliphatic carbocycles. The van der Waals surface area contributed by atoms with E-state index in [1.165, 1.54) is 0 Å². The maximum atomic E-state index is 10.4. The number of rotatable bonds is 1. The molecule has 1 aromatic rings. The summed E-state index contributed by atoms with van der Waals surface area (Å²) in [5, 5.41) is 3.00. The van der Waals surface area contributed by atoms with Crippen LogP contribution in [0.4, 0.5) is 10.5 Å². The van der Waals surface area contributed by atoms with Crippen molar-refractivity contribution in [3.63, 3.8) is 0 Å². The zero-order valence-electron chi connectivity index (χ0n) is 5.97. The number of halogens is 2. The second kappa shape index (κ2) is 5.73. The van der Waals surface area contributed by atoms with Gasteiger partial charge in [0.25, 0.3) is 0 Å². The van der Waals surface area contributed by atoms with E-state index in [1.807, 2.05) is 0 Å². The second-order valence-electron chi connectivity index (χ2n) is 2.09. The first-order valence-corrected chi connectivity index (χ1v) is 3.87. The molecular formula is C7H7Cl2N2NaO. The van der Waals surface area contributed by atoms with Crippen molar-refractivity contribution < 1.29 is 4.79 Å². The Hall–Kier alpha value is 0.0700. The fourth-order valence-electron chi connectivity index (χ4n) is 0.733. The number of benzene rings is 1. The van der Waals surface area contributed by atoms with Gasteiger partial charge in [-0.15, -0.1) is 0 Å². The van der Waals surface area contributed by atoms with E-state index in [0.29, 0.717) is 10.7 Å². The predicted octanol–water partition coefficient (Wildman–Crippen LogP) is 1.84. The molecule has 6 heteroatoms. The Balaban J connectivity index is 0.00000144. The molecule has 3 N–H and O–H groups in total. The van der Waals surface area contributed by atoms with Gasteiger partial charge in [0.2, 0.25) is 0 Å². The molecule has 13 heavy (non-hydrogen) atoms. The van der Waals surface area contributed by atoms with Crippen LogP contribution in [0, 0.1) is 0 Å². The zero-order valence-corrected chi connectivity index (χ0v) is 7.49. The van der Waals surface area contributed by atoms with E-state index in [1.54, 1.807) is 18.2 Å². The van der Waals surface area contributed by atoms with Crippen molar-refractivity contribution >= 4 is 64.5 Å². The summed E-state index contributed by atoms with van der Waals surface area (Å²) in [6.07, 6.45) is 0. The SMILES string of the molecule is NC(=O)Nc1cccc(Cl)c1Cl.[NaH]. The average Bonchev–Trinajstić information content (AvgIpc) is 1.98. The summed E-state index contributed by atoms with van der Waals surface area (Å²) in [7, 11) is 0. The molecule has 2 amide bonds. The Kier molecular flexibility index (Phi) is 5.76. The zero-order chi connectivity index (χ0) is 9.14. The molecule has 1 rings (SSSR count). The minimum absolute atomic E-state index is 0. The Morgan fingerprint density at radius 1 is 1.38 bits per heavy atom.